The number of carboxylic acid groups (broad SMARTS) is 1. The number of hydrogen-bond acceptors (Lipinski definition) is 4. The molecule has 1 aromatic rings. The van der Waals surface area contributed by atoms with Gasteiger partial charge < -0.3 is 15.3 Å². The largest absolute Gasteiger partial charge is 0.478 e. The number of amides is 1. The first-order valence-electron chi connectivity index (χ1n) is 23.1. The molecule has 6 aliphatic carbocycles. The van der Waals surface area contributed by atoms with E-state index in [1.54, 1.807) is 18.2 Å². The van der Waals surface area contributed by atoms with Crippen LogP contribution in [0.1, 0.15) is 141 Å². The third-order valence-electron chi connectivity index (χ3n) is 16.0. The molecular formula is C55H81N3O3. The molecule has 1 amide bonds. The molecule has 0 spiro atoms. The number of fused-ring (bicyclic) bond motifs is 7. The minimum atomic E-state index is -0.853. The van der Waals surface area contributed by atoms with Crippen molar-refractivity contribution in [1.29, 1.82) is 0 Å². The van der Waals surface area contributed by atoms with Crippen LogP contribution < -0.4 is 5.32 Å². The predicted molar refractivity (Wildman–Crippen MR) is 258 cm³/mol. The summed E-state index contributed by atoms with van der Waals surface area (Å²) in [6.45, 7) is 25.7. The second kappa shape index (κ2) is 23.9. The molecule has 1 heterocycles. The van der Waals surface area contributed by atoms with Crippen molar-refractivity contribution in [3.63, 3.8) is 0 Å². The minimum Gasteiger partial charge on any atom is -0.478 e. The summed E-state index contributed by atoms with van der Waals surface area (Å²) in [4.78, 5) is 28.8. The Labute approximate surface area is 373 Å². The smallest absolute Gasteiger partial charge is 0.335 e. The van der Waals surface area contributed by atoms with Crippen LogP contribution >= 0.6 is 0 Å². The maximum atomic E-state index is 12.5. The third kappa shape index (κ3) is 10.9. The number of rotatable bonds is 7. The molecule has 2 N–H and O–H groups in total. The zero-order valence-corrected chi connectivity index (χ0v) is 39.1. The first kappa shape index (κ1) is 52.9. The van der Waals surface area contributed by atoms with Gasteiger partial charge in [0.05, 0.1) is 5.56 Å². The van der Waals surface area contributed by atoms with E-state index in [9.17, 15) is 14.7 Å². The van der Waals surface area contributed by atoms with E-state index >= 15 is 0 Å². The van der Waals surface area contributed by atoms with Crippen LogP contribution in [-0.4, -0.2) is 71.6 Å². The van der Waals surface area contributed by atoms with E-state index in [0.29, 0.717) is 39.7 Å². The van der Waals surface area contributed by atoms with Gasteiger partial charge in [0, 0.05) is 50.7 Å². The van der Waals surface area contributed by atoms with E-state index in [4.69, 9.17) is 0 Å². The Morgan fingerprint density at radius 3 is 1.92 bits per heavy atom. The molecule has 0 bridgehead atoms. The number of aromatic carboxylic acids is 1. The van der Waals surface area contributed by atoms with Gasteiger partial charge in [-0.2, -0.15) is 0 Å². The Bertz CT molecular complexity index is 1650. The normalized spacial score (nSPS) is 32.4. The van der Waals surface area contributed by atoms with Crippen LogP contribution in [0.15, 0.2) is 43.0 Å². The Hall–Kier alpha value is -4.20. The van der Waals surface area contributed by atoms with Gasteiger partial charge in [-0.3, -0.25) is 9.69 Å². The molecule has 1 aliphatic heterocycles. The Balaban J connectivity index is 0.000000899. The molecule has 7 aliphatic rings. The van der Waals surface area contributed by atoms with Crippen molar-refractivity contribution in [3.05, 3.63) is 54.1 Å². The topological polar surface area (TPSA) is 72.9 Å². The first-order valence-corrected chi connectivity index (χ1v) is 23.1. The number of allylic oxidation sites excluding steroid dienone is 3. The van der Waals surface area contributed by atoms with Crippen LogP contribution in [0.4, 0.5) is 0 Å². The fourth-order valence-electron chi connectivity index (χ4n) is 13.7. The van der Waals surface area contributed by atoms with E-state index in [-0.39, 0.29) is 5.41 Å². The van der Waals surface area contributed by atoms with Crippen LogP contribution in [-0.2, 0) is 4.79 Å². The fourth-order valence-corrected chi connectivity index (χ4v) is 13.7. The fraction of sp³-hybridized carbons (Fsp3) is 0.636. The van der Waals surface area contributed by atoms with Gasteiger partial charge in [0.1, 0.15) is 0 Å². The van der Waals surface area contributed by atoms with Crippen LogP contribution in [0.3, 0.4) is 0 Å². The summed E-state index contributed by atoms with van der Waals surface area (Å²) >= 11 is 0. The highest BCUT2D eigenvalue weighted by Crippen LogP contribution is 2.72. The van der Waals surface area contributed by atoms with E-state index < -0.39 is 5.97 Å². The number of carbonyl (C=O) groups excluding carboxylic acids is 1. The molecule has 0 aromatic heterocycles. The summed E-state index contributed by atoms with van der Waals surface area (Å²) in [5.74, 6) is 3.86. The lowest BCUT2D eigenvalue weighted by Gasteiger charge is -2.68. The second-order valence-electron chi connectivity index (χ2n) is 18.9. The molecule has 6 heteroatoms. The Kier molecular flexibility index (Phi) is 20.7. The molecule has 0 radical (unpaired) electrons. The quantitative estimate of drug-likeness (QED) is 0.212. The van der Waals surface area contributed by atoms with E-state index in [1.165, 1.54) is 68.9 Å². The van der Waals surface area contributed by atoms with Crippen LogP contribution in [0, 0.1) is 103 Å². The number of piperazine rings is 1. The van der Waals surface area contributed by atoms with Crippen molar-refractivity contribution < 1.29 is 14.7 Å². The SMILES string of the molecule is C#C.C#C.C#C.C#C.C=CC.CC.CC1(C)C(c2ccc(C(=O)O)cc2)=CC[C@@]2(C)C1CC[C@@]1(C)C3CC[C@@]4(NCCN5CCN(C(=O)C6CC6)CC5)CCCC4[C@H]3CCC12. The molecule has 1 aromatic carbocycles. The molecule has 6 fully saturated rings. The average Bonchev–Trinajstić information content (AvgIpc) is 4.05. The van der Waals surface area contributed by atoms with Crippen LogP contribution in [0.2, 0.25) is 0 Å². The minimum absolute atomic E-state index is 0.0619. The number of hydrogen-bond donors (Lipinski definition) is 2. The third-order valence-corrected chi connectivity index (χ3v) is 16.0. The number of benzene rings is 1. The predicted octanol–water partition coefficient (Wildman–Crippen LogP) is 11.0. The van der Waals surface area contributed by atoms with E-state index in [1.807, 2.05) is 32.9 Å². The van der Waals surface area contributed by atoms with Gasteiger partial charge in [0.2, 0.25) is 5.91 Å². The summed E-state index contributed by atoms with van der Waals surface area (Å²) in [5.41, 5.74) is 4.13. The second-order valence-corrected chi connectivity index (χ2v) is 18.9. The molecule has 61 heavy (non-hydrogen) atoms. The van der Waals surface area contributed by atoms with E-state index in [0.717, 1.165) is 82.2 Å². The molecule has 8 rings (SSSR count). The van der Waals surface area contributed by atoms with Crippen molar-refractivity contribution in [2.45, 2.75) is 131 Å². The standard InChI is InChI=1S/C42H61N3O3.C3H6.C2H6.4C2H2/c1-39(2)32(28-7-11-30(12-8-28)38(47)48)15-19-41(4)35(39)17-20-40(3)33-16-21-42(18-5-6-34(42)31(33)13-14-36(40)41)43-22-23-44-24-26-45(27-25-44)37(46)29-9-10-29;1-3-2;5*1-2/h7-8,11-12,15,29,31,33-36,43H,5-6,9-10,13-14,16-27H2,1-4H3,(H,47,48);3H,1H2,2H3;1-2H3;4*1-2H/t31-,33?,34?,35?,36?,40-,41-,42-;;;;;;/m0....../s1. The monoisotopic (exact) mass is 832 g/mol. The summed E-state index contributed by atoms with van der Waals surface area (Å²) in [6, 6.07) is 7.64. The summed E-state index contributed by atoms with van der Waals surface area (Å²) in [6.07, 6.45) is 52.0. The number of terminal acetylenes is 4. The van der Waals surface area contributed by atoms with Crippen molar-refractivity contribution in [3.8, 4) is 51.4 Å². The van der Waals surface area contributed by atoms with Gasteiger partial charge in [-0.25, -0.2) is 4.79 Å². The molecule has 6 nitrogen and oxygen atoms in total. The molecule has 8 atom stereocenters. The highest BCUT2D eigenvalue weighted by Gasteiger charge is 2.65. The van der Waals surface area contributed by atoms with Gasteiger partial charge in [0.25, 0.3) is 0 Å². The highest BCUT2D eigenvalue weighted by molar-refractivity contribution is 5.88. The van der Waals surface area contributed by atoms with Crippen molar-refractivity contribution in [1.82, 2.24) is 15.1 Å². The molecule has 4 unspecified atom stereocenters. The van der Waals surface area contributed by atoms with Crippen molar-refractivity contribution >= 4 is 17.4 Å². The number of carboxylic acids is 1. The Morgan fingerprint density at radius 2 is 1.36 bits per heavy atom. The molecule has 5 saturated carbocycles. The summed E-state index contributed by atoms with van der Waals surface area (Å²) in [7, 11) is 0. The van der Waals surface area contributed by atoms with E-state index in [2.05, 4.69) is 107 Å². The highest BCUT2D eigenvalue weighted by atomic mass is 16.4. The maximum absolute atomic E-state index is 12.5. The zero-order valence-electron chi connectivity index (χ0n) is 39.1. The first-order chi connectivity index (χ1) is 29.4. The van der Waals surface area contributed by atoms with Gasteiger partial charge in [-0.05, 0) is 147 Å². The van der Waals surface area contributed by atoms with Gasteiger partial charge >= 0.3 is 5.97 Å². The average molecular weight is 832 g/mol. The van der Waals surface area contributed by atoms with Gasteiger partial charge in [-0.15, -0.1) is 58.0 Å². The summed E-state index contributed by atoms with van der Waals surface area (Å²) < 4.78 is 0. The molecule has 334 valence electrons. The number of nitrogens with zero attached hydrogens (tertiary/aromatic N) is 2. The van der Waals surface area contributed by atoms with Crippen LogP contribution in [0.5, 0.6) is 0 Å². The lowest BCUT2D eigenvalue weighted by molar-refractivity contribution is -0.172. The lowest BCUT2D eigenvalue weighted by atomic mass is 9.37. The van der Waals surface area contributed by atoms with Gasteiger partial charge in [-0.1, -0.05) is 72.2 Å². The molecule has 1 saturated heterocycles. The van der Waals surface area contributed by atoms with Crippen molar-refractivity contribution in [2.75, 3.05) is 39.3 Å². The molecular weight excluding hydrogens is 751 g/mol. The lowest BCUT2D eigenvalue weighted by Crippen LogP contribution is -2.64. The summed E-state index contributed by atoms with van der Waals surface area (Å²) in [5, 5.41) is 13.7. The zero-order chi connectivity index (χ0) is 46.2. The van der Waals surface area contributed by atoms with Gasteiger partial charge in [0.15, 0.2) is 0 Å². The van der Waals surface area contributed by atoms with Crippen LogP contribution in [0.25, 0.3) is 5.57 Å². The maximum Gasteiger partial charge on any atom is 0.335 e. The number of nitrogens with one attached hydrogen (secondary N) is 1. The van der Waals surface area contributed by atoms with Crippen molar-refractivity contribution in [2.24, 2.45) is 51.8 Å². The Morgan fingerprint density at radius 1 is 0.770 bits per heavy atom. The number of carbonyl (C=O) groups is 2.